The molecular weight excluding hydrogens is 108 g/mol. The van der Waals surface area contributed by atoms with Gasteiger partial charge in [-0.1, -0.05) is 11.3 Å². The van der Waals surface area contributed by atoms with Crippen LogP contribution in [0.3, 0.4) is 0 Å². The van der Waals surface area contributed by atoms with E-state index in [1.54, 1.807) is 22.9 Å². The van der Waals surface area contributed by atoms with E-state index < -0.39 is 0 Å². The van der Waals surface area contributed by atoms with Crippen molar-refractivity contribution in [1.82, 2.24) is 4.98 Å². The molecule has 0 unspecified atom stereocenters. The average molecular weight is 114 g/mol. The fourth-order valence-corrected chi connectivity index (χ4v) is 0.814. The molecule has 0 aromatic carbocycles. The van der Waals surface area contributed by atoms with Crippen LogP contribution in [0.15, 0.2) is 11.6 Å². The summed E-state index contributed by atoms with van der Waals surface area (Å²) >= 11 is 1.59. The third kappa shape index (κ3) is 0.976. The van der Waals surface area contributed by atoms with Crippen molar-refractivity contribution in [3.05, 3.63) is 18.6 Å². The lowest BCUT2D eigenvalue weighted by atomic mass is 11.0. The summed E-state index contributed by atoms with van der Waals surface area (Å²) in [4.78, 5) is 3.94. The molecule has 0 aliphatic carbocycles. The van der Waals surface area contributed by atoms with Gasteiger partial charge in [0, 0.05) is 11.6 Å². The Morgan fingerprint density at radius 1 is 1.86 bits per heavy atom. The number of nitrogens with zero attached hydrogens (tertiary/aromatic N) is 1. The second-order valence-corrected chi connectivity index (χ2v) is 2.00. The van der Waals surface area contributed by atoms with Crippen molar-refractivity contribution in [2.75, 3.05) is 0 Å². The fraction of sp³-hybridized carbons (Fsp3) is 0. The van der Waals surface area contributed by atoms with E-state index in [0.717, 1.165) is 5.13 Å². The molecule has 0 saturated heterocycles. The summed E-state index contributed by atoms with van der Waals surface area (Å²) in [5.41, 5.74) is 0. The van der Waals surface area contributed by atoms with Gasteiger partial charge in [-0.3, -0.25) is 0 Å². The van der Waals surface area contributed by atoms with Crippen LogP contribution in [0, 0.1) is 7.05 Å². The molecule has 1 aromatic rings. The van der Waals surface area contributed by atoms with Gasteiger partial charge in [-0.15, -0.1) is 7.05 Å². The number of nitrogens with two attached hydrogens (primary N) is 1. The van der Waals surface area contributed by atoms with E-state index in [-0.39, 0.29) is 0 Å². The molecule has 0 fully saturated rings. The van der Waals surface area contributed by atoms with Gasteiger partial charge in [0.15, 0.2) is 0 Å². The van der Waals surface area contributed by atoms with Crippen LogP contribution in [-0.2, 0) is 0 Å². The standard InChI is InChI=1S/C4H6N2S/c1-5-4-6-2-3-7-4/h2-3H,1,5H2. The first-order valence-electron chi connectivity index (χ1n) is 1.95. The lowest BCUT2D eigenvalue weighted by Crippen LogP contribution is -2.69. The summed E-state index contributed by atoms with van der Waals surface area (Å²) in [5.74, 6) is 0. The van der Waals surface area contributed by atoms with Crippen LogP contribution in [0.2, 0.25) is 0 Å². The van der Waals surface area contributed by atoms with Crippen molar-refractivity contribution >= 4 is 16.5 Å². The van der Waals surface area contributed by atoms with E-state index in [1.165, 1.54) is 0 Å². The van der Waals surface area contributed by atoms with Crippen molar-refractivity contribution in [2.45, 2.75) is 0 Å². The van der Waals surface area contributed by atoms with Crippen LogP contribution in [0.4, 0.5) is 5.13 Å². The Labute approximate surface area is 46.2 Å². The predicted molar refractivity (Wildman–Crippen MR) is 29.1 cm³/mol. The maximum absolute atomic E-state index is 3.94. The van der Waals surface area contributed by atoms with Gasteiger partial charge in [0.25, 0.3) is 5.13 Å². The van der Waals surface area contributed by atoms with Gasteiger partial charge in [0.05, 0.1) is 0 Å². The van der Waals surface area contributed by atoms with Crippen LogP contribution in [0.5, 0.6) is 0 Å². The molecule has 0 spiro atoms. The number of hydrogen-bond acceptors (Lipinski definition) is 2. The van der Waals surface area contributed by atoms with E-state index in [9.17, 15) is 0 Å². The molecule has 38 valence electrons. The molecule has 1 aromatic heterocycles. The molecule has 2 N–H and O–H groups in total. The van der Waals surface area contributed by atoms with Crippen molar-refractivity contribution in [3.63, 3.8) is 0 Å². The van der Waals surface area contributed by atoms with Crippen molar-refractivity contribution in [2.24, 2.45) is 0 Å². The quantitative estimate of drug-likeness (QED) is 0.517. The molecule has 1 heterocycles. The third-order valence-corrected chi connectivity index (χ3v) is 1.40. The SMILES string of the molecule is [CH2-][NH2+]c1nccs1. The largest absolute Gasteiger partial charge is 0.420 e. The van der Waals surface area contributed by atoms with Gasteiger partial charge >= 0.3 is 0 Å². The third-order valence-electron chi connectivity index (χ3n) is 0.626. The minimum Gasteiger partial charge on any atom is -0.420 e. The highest BCUT2D eigenvalue weighted by molar-refractivity contribution is 7.12. The second-order valence-electron chi connectivity index (χ2n) is 1.07. The van der Waals surface area contributed by atoms with Crippen LogP contribution < -0.4 is 5.32 Å². The number of aromatic nitrogens is 1. The van der Waals surface area contributed by atoms with E-state index in [2.05, 4.69) is 12.0 Å². The Balaban J connectivity index is 2.76. The summed E-state index contributed by atoms with van der Waals surface area (Å²) < 4.78 is 0. The predicted octanol–water partition coefficient (Wildman–Crippen LogP) is 0.130. The smallest absolute Gasteiger partial charge is 0.256 e. The average Bonchev–Trinajstić information content (AvgIpc) is 2.14. The first-order chi connectivity index (χ1) is 3.43. The minimum atomic E-state index is 0.986. The Bertz CT molecular complexity index is 124. The second kappa shape index (κ2) is 2.04. The van der Waals surface area contributed by atoms with Crippen molar-refractivity contribution in [1.29, 1.82) is 0 Å². The van der Waals surface area contributed by atoms with E-state index in [0.29, 0.717) is 0 Å². The lowest BCUT2D eigenvalue weighted by molar-refractivity contribution is -0.504. The normalized spacial score (nSPS) is 9.29. The number of thiazole rings is 1. The molecule has 0 aliphatic heterocycles. The zero-order valence-electron chi connectivity index (χ0n) is 3.79. The molecule has 0 amide bonds. The number of rotatable bonds is 1. The highest BCUT2D eigenvalue weighted by Gasteiger charge is 1.85. The number of hydrogen-bond donors (Lipinski definition) is 1. The molecule has 7 heavy (non-hydrogen) atoms. The Kier molecular flexibility index (Phi) is 1.38. The van der Waals surface area contributed by atoms with Crippen molar-refractivity contribution in [3.8, 4) is 0 Å². The molecule has 0 bridgehead atoms. The first-order valence-corrected chi connectivity index (χ1v) is 2.83. The zero-order valence-corrected chi connectivity index (χ0v) is 4.61. The Hall–Kier alpha value is -0.410. The monoisotopic (exact) mass is 114 g/mol. The zero-order chi connectivity index (χ0) is 5.11. The van der Waals surface area contributed by atoms with Crippen LogP contribution in [-0.4, -0.2) is 4.98 Å². The van der Waals surface area contributed by atoms with Crippen LogP contribution >= 0.6 is 11.3 Å². The summed E-state index contributed by atoms with van der Waals surface area (Å²) in [6.07, 6.45) is 1.77. The molecule has 0 radical (unpaired) electrons. The first kappa shape index (κ1) is 4.74. The van der Waals surface area contributed by atoms with Gasteiger partial charge in [-0.05, 0) is 0 Å². The summed E-state index contributed by atoms with van der Waals surface area (Å²) in [6.45, 7) is 0. The maximum Gasteiger partial charge on any atom is 0.256 e. The molecule has 0 atom stereocenters. The molecular formula is C4H6N2S. The molecule has 2 nitrogen and oxygen atoms in total. The van der Waals surface area contributed by atoms with E-state index >= 15 is 0 Å². The van der Waals surface area contributed by atoms with Gasteiger partial charge in [0.1, 0.15) is 0 Å². The molecule has 0 saturated carbocycles. The molecule has 3 heteroatoms. The van der Waals surface area contributed by atoms with Gasteiger partial charge in [0.2, 0.25) is 0 Å². The van der Waals surface area contributed by atoms with Crippen LogP contribution in [0.1, 0.15) is 0 Å². The van der Waals surface area contributed by atoms with Gasteiger partial charge < -0.3 is 5.32 Å². The van der Waals surface area contributed by atoms with Gasteiger partial charge in [-0.2, -0.15) is 4.98 Å². The van der Waals surface area contributed by atoms with E-state index in [1.807, 2.05) is 5.38 Å². The summed E-state index contributed by atoms with van der Waals surface area (Å²) in [7, 11) is 3.55. The Morgan fingerprint density at radius 3 is 3.00 bits per heavy atom. The van der Waals surface area contributed by atoms with Crippen LogP contribution in [0.25, 0.3) is 0 Å². The minimum absolute atomic E-state index is 0.986. The van der Waals surface area contributed by atoms with Gasteiger partial charge in [-0.25, -0.2) is 0 Å². The fourth-order valence-electron chi connectivity index (χ4n) is 0.335. The lowest BCUT2D eigenvalue weighted by Gasteiger charge is -1.85. The number of quaternary nitrogens is 1. The van der Waals surface area contributed by atoms with E-state index in [4.69, 9.17) is 0 Å². The summed E-state index contributed by atoms with van der Waals surface area (Å²) in [5, 5.41) is 4.65. The molecule has 1 rings (SSSR count). The van der Waals surface area contributed by atoms with Crippen molar-refractivity contribution < 1.29 is 5.32 Å². The summed E-state index contributed by atoms with van der Waals surface area (Å²) in [6, 6.07) is 0. The topological polar surface area (TPSA) is 29.5 Å². The molecule has 0 aliphatic rings. The highest BCUT2D eigenvalue weighted by atomic mass is 32.1. The highest BCUT2D eigenvalue weighted by Crippen LogP contribution is 2.01. The maximum atomic E-state index is 3.94. The Morgan fingerprint density at radius 2 is 2.71 bits per heavy atom.